The molecule has 0 aliphatic heterocycles. The third-order valence-corrected chi connectivity index (χ3v) is 3.70. The molecule has 0 unspecified atom stereocenters. The number of thiol groups is 1. The van der Waals surface area contributed by atoms with E-state index in [-0.39, 0.29) is 5.41 Å². The SMILES string of the molecule is CC(C)(C)c1cc(CS)c2c(Cl)cc(Cl)cc2n1. The van der Waals surface area contributed by atoms with Gasteiger partial charge >= 0.3 is 0 Å². The van der Waals surface area contributed by atoms with Gasteiger partial charge in [0.15, 0.2) is 0 Å². The number of halogens is 2. The Bertz CT molecular complexity index is 603. The second kappa shape index (κ2) is 4.92. The molecule has 0 saturated heterocycles. The fourth-order valence-electron chi connectivity index (χ4n) is 1.87. The Morgan fingerprint density at radius 1 is 1.17 bits per heavy atom. The first-order valence-corrected chi connectivity index (χ1v) is 7.12. The van der Waals surface area contributed by atoms with Crippen molar-refractivity contribution in [3.05, 3.63) is 39.5 Å². The van der Waals surface area contributed by atoms with E-state index in [2.05, 4.69) is 44.5 Å². The predicted octanol–water partition coefficient (Wildman–Crippen LogP) is 5.27. The first kappa shape index (κ1) is 14.0. The van der Waals surface area contributed by atoms with Gasteiger partial charge in [-0.05, 0) is 23.8 Å². The standard InChI is InChI=1S/C14H15Cl2NS/c1-14(2,3)12-4-8(7-18)13-10(16)5-9(15)6-11(13)17-12/h4-6,18H,7H2,1-3H3. The van der Waals surface area contributed by atoms with Crippen LogP contribution in [0.15, 0.2) is 18.2 Å². The summed E-state index contributed by atoms with van der Waals surface area (Å²) >= 11 is 16.7. The van der Waals surface area contributed by atoms with Gasteiger partial charge in [-0.2, -0.15) is 12.6 Å². The maximum Gasteiger partial charge on any atom is 0.0738 e. The van der Waals surface area contributed by atoms with E-state index in [0.29, 0.717) is 15.8 Å². The van der Waals surface area contributed by atoms with Crippen LogP contribution >= 0.6 is 35.8 Å². The highest BCUT2D eigenvalue weighted by Crippen LogP contribution is 2.33. The van der Waals surface area contributed by atoms with Crippen molar-refractivity contribution in [2.45, 2.75) is 31.9 Å². The summed E-state index contributed by atoms with van der Waals surface area (Å²) in [5, 5.41) is 2.19. The van der Waals surface area contributed by atoms with Crippen molar-refractivity contribution < 1.29 is 0 Å². The zero-order chi connectivity index (χ0) is 13.5. The zero-order valence-electron chi connectivity index (χ0n) is 10.6. The van der Waals surface area contributed by atoms with E-state index in [1.54, 1.807) is 6.07 Å². The van der Waals surface area contributed by atoms with E-state index in [4.69, 9.17) is 23.2 Å². The van der Waals surface area contributed by atoms with Crippen LogP contribution in [-0.2, 0) is 11.2 Å². The summed E-state index contributed by atoms with van der Waals surface area (Å²) in [6.45, 7) is 6.40. The Kier molecular flexibility index (Phi) is 3.82. The number of hydrogen-bond donors (Lipinski definition) is 1. The summed E-state index contributed by atoms with van der Waals surface area (Å²) in [5.74, 6) is 0.628. The van der Waals surface area contributed by atoms with Gasteiger partial charge in [0.1, 0.15) is 0 Å². The number of benzene rings is 1. The summed E-state index contributed by atoms with van der Waals surface area (Å²) in [6.07, 6.45) is 0. The summed E-state index contributed by atoms with van der Waals surface area (Å²) in [5.41, 5.74) is 2.94. The molecule has 2 rings (SSSR count). The third kappa shape index (κ3) is 2.61. The molecule has 0 atom stereocenters. The van der Waals surface area contributed by atoms with Crippen molar-refractivity contribution >= 4 is 46.7 Å². The minimum absolute atomic E-state index is 0.0132. The van der Waals surface area contributed by atoms with Gasteiger partial charge in [0.2, 0.25) is 0 Å². The van der Waals surface area contributed by atoms with E-state index in [9.17, 15) is 0 Å². The summed E-state index contributed by atoms with van der Waals surface area (Å²) in [4.78, 5) is 4.67. The average Bonchev–Trinajstić information content (AvgIpc) is 2.25. The van der Waals surface area contributed by atoms with Crippen LogP contribution in [0.5, 0.6) is 0 Å². The van der Waals surface area contributed by atoms with Gasteiger partial charge in [0.05, 0.1) is 10.5 Å². The maximum atomic E-state index is 6.25. The van der Waals surface area contributed by atoms with Crippen LogP contribution < -0.4 is 0 Å². The third-order valence-electron chi connectivity index (χ3n) is 2.85. The van der Waals surface area contributed by atoms with Crippen molar-refractivity contribution in [2.75, 3.05) is 0 Å². The van der Waals surface area contributed by atoms with Crippen molar-refractivity contribution in [3.8, 4) is 0 Å². The fraction of sp³-hybridized carbons (Fsp3) is 0.357. The van der Waals surface area contributed by atoms with Gasteiger partial charge in [-0.15, -0.1) is 0 Å². The minimum Gasteiger partial charge on any atom is -0.252 e. The fourth-order valence-corrected chi connectivity index (χ4v) is 2.73. The lowest BCUT2D eigenvalue weighted by Gasteiger charge is -2.20. The van der Waals surface area contributed by atoms with Crippen LogP contribution in [-0.4, -0.2) is 4.98 Å². The highest BCUT2D eigenvalue weighted by molar-refractivity contribution is 7.79. The van der Waals surface area contributed by atoms with E-state index >= 15 is 0 Å². The number of fused-ring (bicyclic) bond motifs is 1. The number of rotatable bonds is 1. The molecule has 1 aromatic heterocycles. The molecular weight excluding hydrogens is 285 g/mol. The summed E-state index contributed by atoms with van der Waals surface area (Å²) in [6, 6.07) is 5.68. The van der Waals surface area contributed by atoms with Gasteiger partial charge in [-0.25, -0.2) is 0 Å². The lowest BCUT2D eigenvalue weighted by molar-refractivity contribution is 0.571. The highest BCUT2D eigenvalue weighted by Gasteiger charge is 2.18. The molecule has 0 amide bonds. The number of aromatic nitrogens is 1. The summed E-state index contributed by atoms with van der Waals surface area (Å²) < 4.78 is 0. The zero-order valence-corrected chi connectivity index (χ0v) is 13.0. The molecule has 0 aliphatic rings. The van der Waals surface area contributed by atoms with Crippen molar-refractivity contribution in [3.63, 3.8) is 0 Å². The van der Waals surface area contributed by atoms with Crippen molar-refractivity contribution in [2.24, 2.45) is 0 Å². The quantitative estimate of drug-likeness (QED) is 0.708. The number of pyridine rings is 1. The normalized spacial score (nSPS) is 12.1. The molecule has 0 bridgehead atoms. The van der Waals surface area contributed by atoms with Crippen LogP contribution in [0.25, 0.3) is 10.9 Å². The molecule has 0 spiro atoms. The van der Waals surface area contributed by atoms with Gasteiger partial charge < -0.3 is 0 Å². The monoisotopic (exact) mass is 299 g/mol. The number of nitrogens with zero attached hydrogens (tertiary/aromatic N) is 1. The van der Waals surface area contributed by atoms with E-state index in [1.165, 1.54) is 0 Å². The van der Waals surface area contributed by atoms with E-state index in [1.807, 2.05) is 6.07 Å². The number of hydrogen-bond acceptors (Lipinski definition) is 2. The topological polar surface area (TPSA) is 12.9 Å². The Morgan fingerprint density at radius 2 is 1.83 bits per heavy atom. The minimum atomic E-state index is -0.0132. The van der Waals surface area contributed by atoms with Crippen molar-refractivity contribution in [1.29, 1.82) is 0 Å². The lowest BCUT2D eigenvalue weighted by Crippen LogP contribution is -2.14. The Morgan fingerprint density at radius 3 is 2.39 bits per heavy atom. The van der Waals surface area contributed by atoms with Crippen LogP contribution in [0.3, 0.4) is 0 Å². The largest absolute Gasteiger partial charge is 0.252 e. The molecule has 2 aromatic rings. The van der Waals surface area contributed by atoms with Crippen LogP contribution in [0.2, 0.25) is 10.0 Å². The molecule has 0 saturated carbocycles. The molecule has 0 fully saturated rings. The van der Waals surface area contributed by atoms with E-state index in [0.717, 1.165) is 22.2 Å². The Hall–Kier alpha value is -0.440. The molecule has 1 nitrogen and oxygen atoms in total. The Balaban J connectivity index is 2.84. The molecule has 18 heavy (non-hydrogen) atoms. The first-order valence-electron chi connectivity index (χ1n) is 5.73. The molecule has 0 N–H and O–H groups in total. The predicted molar refractivity (Wildman–Crippen MR) is 83.2 cm³/mol. The maximum absolute atomic E-state index is 6.25. The van der Waals surface area contributed by atoms with Crippen LogP contribution in [0.4, 0.5) is 0 Å². The first-order chi connectivity index (χ1) is 8.32. The molecule has 96 valence electrons. The molecule has 4 heteroatoms. The lowest BCUT2D eigenvalue weighted by atomic mass is 9.90. The van der Waals surface area contributed by atoms with E-state index < -0.39 is 0 Å². The van der Waals surface area contributed by atoms with Gasteiger partial charge in [-0.1, -0.05) is 44.0 Å². The molecule has 0 aliphatic carbocycles. The highest BCUT2D eigenvalue weighted by atomic mass is 35.5. The summed E-state index contributed by atoms with van der Waals surface area (Å²) in [7, 11) is 0. The molecule has 0 radical (unpaired) electrons. The average molecular weight is 300 g/mol. The smallest absolute Gasteiger partial charge is 0.0738 e. The Labute approximate surface area is 123 Å². The second-order valence-corrected chi connectivity index (χ2v) is 6.52. The van der Waals surface area contributed by atoms with Crippen molar-refractivity contribution in [1.82, 2.24) is 4.98 Å². The van der Waals surface area contributed by atoms with Crippen LogP contribution in [0, 0.1) is 0 Å². The van der Waals surface area contributed by atoms with Gasteiger partial charge in [0, 0.05) is 27.3 Å². The molecular formula is C14H15Cl2NS. The van der Waals surface area contributed by atoms with Crippen LogP contribution in [0.1, 0.15) is 32.0 Å². The van der Waals surface area contributed by atoms with Gasteiger partial charge in [0.25, 0.3) is 0 Å². The molecule has 1 heterocycles. The van der Waals surface area contributed by atoms with Gasteiger partial charge in [-0.3, -0.25) is 4.98 Å². The molecule has 1 aromatic carbocycles. The second-order valence-electron chi connectivity index (χ2n) is 5.36.